The second kappa shape index (κ2) is 7.88. The Balaban J connectivity index is 0.00000289. The molecule has 0 saturated carbocycles. The summed E-state index contributed by atoms with van der Waals surface area (Å²) in [6.45, 7) is 7.86. The van der Waals surface area contributed by atoms with Gasteiger partial charge in [-0.3, -0.25) is 0 Å². The lowest BCUT2D eigenvalue weighted by Gasteiger charge is -2.18. The first-order valence-electron chi connectivity index (χ1n) is 6.00. The molecule has 0 bridgehead atoms. The lowest BCUT2D eigenvalue weighted by molar-refractivity contribution is 0.259. The standard InChI is InChI=1S/C14H22ClNO.ClH/c1-10(2)12-7-6-11(3)13(15)14(12)17-9-8-16(4)5;/h6-7,10H,8-9H2,1-5H3;1H. The van der Waals surface area contributed by atoms with Gasteiger partial charge in [-0.1, -0.05) is 37.6 Å². The average molecular weight is 292 g/mol. The van der Waals surface area contributed by atoms with E-state index in [1.165, 1.54) is 5.56 Å². The van der Waals surface area contributed by atoms with Crippen molar-refractivity contribution in [3.8, 4) is 5.75 Å². The second-order valence-corrected chi connectivity index (χ2v) is 5.30. The van der Waals surface area contributed by atoms with E-state index in [2.05, 4.69) is 30.9 Å². The van der Waals surface area contributed by atoms with E-state index in [9.17, 15) is 0 Å². The Morgan fingerprint density at radius 1 is 1.28 bits per heavy atom. The van der Waals surface area contributed by atoms with E-state index >= 15 is 0 Å². The maximum atomic E-state index is 6.32. The number of rotatable bonds is 5. The van der Waals surface area contributed by atoms with Crippen LogP contribution in [0.1, 0.15) is 30.9 Å². The van der Waals surface area contributed by atoms with E-state index in [0.29, 0.717) is 12.5 Å². The van der Waals surface area contributed by atoms with Crippen LogP contribution in [0.25, 0.3) is 0 Å². The maximum Gasteiger partial charge on any atom is 0.141 e. The van der Waals surface area contributed by atoms with Crippen LogP contribution in [0.15, 0.2) is 12.1 Å². The molecule has 0 N–H and O–H groups in total. The van der Waals surface area contributed by atoms with E-state index in [1.807, 2.05) is 21.0 Å². The molecule has 0 heterocycles. The summed E-state index contributed by atoms with van der Waals surface area (Å²) in [7, 11) is 4.06. The molecule has 0 atom stereocenters. The molecule has 104 valence electrons. The highest BCUT2D eigenvalue weighted by molar-refractivity contribution is 6.33. The van der Waals surface area contributed by atoms with Gasteiger partial charge in [0, 0.05) is 6.54 Å². The molecule has 18 heavy (non-hydrogen) atoms. The molecule has 0 radical (unpaired) electrons. The van der Waals surface area contributed by atoms with Crippen LogP contribution >= 0.6 is 24.0 Å². The van der Waals surface area contributed by atoms with Gasteiger partial charge < -0.3 is 9.64 Å². The van der Waals surface area contributed by atoms with Crippen LogP contribution in [-0.2, 0) is 0 Å². The van der Waals surface area contributed by atoms with Crippen LogP contribution in [0.4, 0.5) is 0 Å². The summed E-state index contributed by atoms with van der Waals surface area (Å²) < 4.78 is 5.85. The van der Waals surface area contributed by atoms with Crippen molar-refractivity contribution >= 4 is 24.0 Å². The lowest BCUT2D eigenvalue weighted by atomic mass is 10.0. The summed E-state index contributed by atoms with van der Waals surface area (Å²) in [5.41, 5.74) is 2.25. The fourth-order valence-electron chi connectivity index (χ4n) is 1.60. The van der Waals surface area contributed by atoms with Gasteiger partial charge in [-0.2, -0.15) is 0 Å². The molecule has 0 unspecified atom stereocenters. The molecule has 0 saturated heterocycles. The third-order valence-electron chi connectivity index (χ3n) is 2.73. The number of likely N-dealkylation sites (N-methyl/N-ethyl adjacent to an activating group) is 1. The van der Waals surface area contributed by atoms with Crippen molar-refractivity contribution in [1.82, 2.24) is 4.90 Å². The first-order valence-corrected chi connectivity index (χ1v) is 6.37. The summed E-state index contributed by atoms with van der Waals surface area (Å²) in [4.78, 5) is 2.10. The molecule has 0 aliphatic carbocycles. The molecule has 0 fully saturated rings. The van der Waals surface area contributed by atoms with E-state index in [4.69, 9.17) is 16.3 Å². The van der Waals surface area contributed by atoms with Crippen molar-refractivity contribution in [3.63, 3.8) is 0 Å². The molecule has 0 aliphatic rings. The molecule has 0 aromatic heterocycles. The zero-order chi connectivity index (χ0) is 13.0. The summed E-state index contributed by atoms with van der Waals surface area (Å²) in [6, 6.07) is 4.16. The molecular formula is C14H23Cl2NO. The number of hydrogen-bond donors (Lipinski definition) is 0. The summed E-state index contributed by atoms with van der Waals surface area (Å²) in [5, 5.41) is 0.745. The third-order valence-corrected chi connectivity index (χ3v) is 3.20. The smallest absolute Gasteiger partial charge is 0.141 e. The number of nitrogens with zero attached hydrogens (tertiary/aromatic N) is 1. The highest BCUT2D eigenvalue weighted by Gasteiger charge is 2.13. The van der Waals surface area contributed by atoms with Gasteiger partial charge in [0.25, 0.3) is 0 Å². The summed E-state index contributed by atoms with van der Waals surface area (Å²) in [6.07, 6.45) is 0. The van der Waals surface area contributed by atoms with Crippen molar-refractivity contribution in [1.29, 1.82) is 0 Å². The molecule has 4 heteroatoms. The Kier molecular flexibility index (Phi) is 7.69. The monoisotopic (exact) mass is 291 g/mol. The van der Waals surface area contributed by atoms with E-state index in [1.54, 1.807) is 0 Å². The minimum Gasteiger partial charge on any atom is -0.490 e. The number of halogens is 2. The second-order valence-electron chi connectivity index (χ2n) is 4.92. The van der Waals surface area contributed by atoms with Crippen molar-refractivity contribution in [2.45, 2.75) is 26.7 Å². The fraction of sp³-hybridized carbons (Fsp3) is 0.571. The first kappa shape index (κ1) is 17.6. The zero-order valence-electron chi connectivity index (χ0n) is 11.8. The number of aryl methyl sites for hydroxylation is 1. The van der Waals surface area contributed by atoms with E-state index in [-0.39, 0.29) is 12.4 Å². The van der Waals surface area contributed by atoms with Crippen LogP contribution in [0.3, 0.4) is 0 Å². The average Bonchev–Trinajstić information content (AvgIpc) is 2.23. The Morgan fingerprint density at radius 2 is 1.89 bits per heavy atom. The Morgan fingerprint density at radius 3 is 2.39 bits per heavy atom. The van der Waals surface area contributed by atoms with Gasteiger partial charge in [-0.05, 0) is 38.1 Å². The largest absolute Gasteiger partial charge is 0.490 e. The highest BCUT2D eigenvalue weighted by Crippen LogP contribution is 2.35. The molecule has 2 nitrogen and oxygen atoms in total. The SMILES string of the molecule is Cc1ccc(C(C)C)c(OCCN(C)C)c1Cl.Cl. The van der Waals surface area contributed by atoms with Crippen LogP contribution in [-0.4, -0.2) is 32.1 Å². The summed E-state index contributed by atoms with van der Waals surface area (Å²) >= 11 is 6.32. The Bertz CT molecular complexity index is 378. The van der Waals surface area contributed by atoms with Gasteiger partial charge in [0.15, 0.2) is 0 Å². The minimum atomic E-state index is 0. The van der Waals surface area contributed by atoms with Gasteiger partial charge in [0.2, 0.25) is 0 Å². The number of ether oxygens (including phenoxy) is 1. The van der Waals surface area contributed by atoms with E-state index < -0.39 is 0 Å². The molecule has 1 aromatic carbocycles. The topological polar surface area (TPSA) is 12.5 Å². The van der Waals surface area contributed by atoms with E-state index in [0.717, 1.165) is 22.9 Å². The van der Waals surface area contributed by atoms with Crippen LogP contribution < -0.4 is 4.74 Å². The van der Waals surface area contributed by atoms with Crippen molar-refractivity contribution in [2.75, 3.05) is 27.2 Å². The maximum absolute atomic E-state index is 6.32. The number of benzene rings is 1. The van der Waals surface area contributed by atoms with Crippen molar-refractivity contribution in [2.24, 2.45) is 0 Å². The molecule has 1 rings (SSSR count). The van der Waals surface area contributed by atoms with Gasteiger partial charge in [0.05, 0.1) is 5.02 Å². The zero-order valence-corrected chi connectivity index (χ0v) is 13.4. The highest BCUT2D eigenvalue weighted by atomic mass is 35.5. The first-order chi connectivity index (χ1) is 7.93. The fourth-order valence-corrected chi connectivity index (χ4v) is 1.83. The van der Waals surface area contributed by atoms with Crippen LogP contribution in [0.2, 0.25) is 5.02 Å². The predicted molar refractivity (Wildman–Crippen MR) is 81.6 cm³/mol. The van der Waals surface area contributed by atoms with Crippen LogP contribution in [0.5, 0.6) is 5.75 Å². The molecule has 0 amide bonds. The third kappa shape index (κ3) is 4.68. The van der Waals surface area contributed by atoms with Crippen LogP contribution in [0, 0.1) is 6.92 Å². The minimum absolute atomic E-state index is 0. The quantitative estimate of drug-likeness (QED) is 0.809. The normalized spacial score (nSPS) is 10.7. The van der Waals surface area contributed by atoms with Gasteiger partial charge in [-0.25, -0.2) is 0 Å². The predicted octanol–water partition coefficient (Wildman–Crippen LogP) is 4.13. The van der Waals surface area contributed by atoms with Crippen molar-refractivity contribution < 1.29 is 4.74 Å². The number of hydrogen-bond acceptors (Lipinski definition) is 2. The molecular weight excluding hydrogens is 269 g/mol. The van der Waals surface area contributed by atoms with Gasteiger partial charge in [0.1, 0.15) is 12.4 Å². The van der Waals surface area contributed by atoms with Gasteiger partial charge >= 0.3 is 0 Å². The van der Waals surface area contributed by atoms with Gasteiger partial charge in [-0.15, -0.1) is 12.4 Å². The lowest BCUT2D eigenvalue weighted by Crippen LogP contribution is -2.20. The Labute approximate surface area is 122 Å². The molecule has 0 spiro atoms. The molecule has 0 aliphatic heterocycles. The summed E-state index contributed by atoms with van der Waals surface area (Å²) in [5.74, 6) is 1.27. The molecule has 1 aromatic rings. The van der Waals surface area contributed by atoms with Crippen molar-refractivity contribution in [3.05, 3.63) is 28.3 Å². The Hall–Kier alpha value is -0.440.